The van der Waals surface area contributed by atoms with E-state index in [0.29, 0.717) is 5.02 Å². The van der Waals surface area contributed by atoms with Gasteiger partial charge in [0.15, 0.2) is 0 Å². The Kier molecular flexibility index (Phi) is 4.13. The lowest BCUT2D eigenvalue weighted by Crippen LogP contribution is -2.01. The summed E-state index contributed by atoms with van der Waals surface area (Å²) < 4.78 is 0. The van der Waals surface area contributed by atoms with Gasteiger partial charge in [0.25, 0.3) is 0 Å². The highest BCUT2D eigenvalue weighted by molar-refractivity contribution is 7.80. The van der Waals surface area contributed by atoms with Gasteiger partial charge in [-0.3, -0.25) is 9.98 Å². The summed E-state index contributed by atoms with van der Waals surface area (Å²) in [6.07, 6.45) is 5.55. The molecule has 3 rings (SSSR count). The molecule has 1 aliphatic heterocycles. The molecule has 0 spiro atoms. The van der Waals surface area contributed by atoms with E-state index in [1.54, 1.807) is 6.20 Å². The predicted octanol–water partition coefficient (Wildman–Crippen LogP) is 5.29. The summed E-state index contributed by atoms with van der Waals surface area (Å²) in [7, 11) is 0. The van der Waals surface area contributed by atoms with Crippen molar-refractivity contribution < 1.29 is 0 Å². The molecule has 0 fully saturated rings. The van der Waals surface area contributed by atoms with E-state index in [-0.39, 0.29) is 0 Å². The third-order valence-electron chi connectivity index (χ3n) is 3.53. The van der Waals surface area contributed by atoms with Gasteiger partial charge in [0.05, 0.1) is 10.7 Å². The van der Waals surface area contributed by atoms with Crippen molar-refractivity contribution in [1.82, 2.24) is 4.98 Å². The molecule has 4 heteroatoms. The summed E-state index contributed by atoms with van der Waals surface area (Å²) in [5.41, 5.74) is 5.40. The highest BCUT2D eigenvalue weighted by Gasteiger charge is 2.14. The number of aromatic nitrogens is 1. The Morgan fingerprint density at radius 3 is 2.57 bits per heavy atom. The van der Waals surface area contributed by atoms with Crippen molar-refractivity contribution in [3.8, 4) is 11.1 Å². The number of aliphatic imine (C=N–C) groups is 1. The zero-order chi connectivity index (χ0) is 14.8. The standard InChI is InChI=1S/C17H15ClN2S/c1-11-2-3-13(9-19-11)17-16(8-14(18)10-20-17)12-4-6-15(21)7-5-12/h4-10,21H,2-3H2,1H3. The molecule has 1 aromatic heterocycles. The average molecular weight is 315 g/mol. The van der Waals surface area contributed by atoms with Crippen molar-refractivity contribution >= 4 is 35.5 Å². The van der Waals surface area contributed by atoms with Gasteiger partial charge >= 0.3 is 0 Å². The van der Waals surface area contributed by atoms with Crippen molar-refractivity contribution in [3.05, 3.63) is 53.4 Å². The highest BCUT2D eigenvalue weighted by atomic mass is 35.5. The van der Waals surface area contributed by atoms with E-state index < -0.39 is 0 Å². The van der Waals surface area contributed by atoms with Crippen LogP contribution in [0.5, 0.6) is 0 Å². The summed E-state index contributed by atoms with van der Waals surface area (Å²) >= 11 is 10.5. The summed E-state index contributed by atoms with van der Waals surface area (Å²) in [6, 6.07) is 9.99. The number of halogens is 1. The van der Waals surface area contributed by atoms with Crippen LogP contribution in [0.1, 0.15) is 25.5 Å². The van der Waals surface area contributed by atoms with Crippen molar-refractivity contribution in [2.45, 2.75) is 24.7 Å². The molecular weight excluding hydrogens is 300 g/mol. The monoisotopic (exact) mass is 314 g/mol. The Balaban J connectivity index is 2.11. The zero-order valence-corrected chi connectivity index (χ0v) is 13.3. The van der Waals surface area contributed by atoms with Gasteiger partial charge in [0.1, 0.15) is 0 Å². The Bertz CT molecular complexity index is 733. The molecule has 0 bridgehead atoms. The van der Waals surface area contributed by atoms with E-state index in [0.717, 1.165) is 45.8 Å². The molecule has 106 valence electrons. The molecule has 2 nitrogen and oxygen atoms in total. The Morgan fingerprint density at radius 1 is 1.14 bits per heavy atom. The second-order valence-electron chi connectivity index (χ2n) is 5.12. The first-order chi connectivity index (χ1) is 10.1. The molecule has 0 amide bonds. The van der Waals surface area contributed by atoms with Gasteiger partial charge in [-0.2, -0.15) is 0 Å². The van der Waals surface area contributed by atoms with Crippen LogP contribution in [-0.2, 0) is 0 Å². The molecule has 2 heterocycles. The van der Waals surface area contributed by atoms with E-state index in [9.17, 15) is 0 Å². The van der Waals surface area contributed by atoms with Crippen LogP contribution in [0.2, 0.25) is 5.02 Å². The van der Waals surface area contributed by atoms with E-state index in [2.05, 4.69) is 29.5 Å². The van der Waals surface area contributed by atoms with Crippen LogP contribution < -0.4 is 0 Å². The van der Waals surface area contributed by atoms with Crippen LogP contribution in [0, 0.1) is 0 Å². The molecule has 0 N–H and O–H groups in total. The van der Waals surface area contributed by atoms with Crippen molar-refractivity contribution in [1.29, 1.82) is 0 Å². The predicted molar refractivity (Wildman–Crippen MR) is 92.3 cm³/mol. The van der Waals surface area contributed by atoms with Crippen LogP contribution in [0.3, 0.4) is 0 Å². The van der Waals surface area contributed by atoms with Gasteiger partial charge in [0.2, 0.25) is 0 Å². The minimum Gasteiger partial charge on any atom is -0.266 e. The van der Waals surface area contributed by atoms with E-state index in [4.69, 9.17) is 11.6 Å². The third kappa shape index (κ3) is 3.20. The van der Waals surface area contributed by atoms with Gasteiger partial charge in [-0.25, -0.2) is 0 Å². The van der Waals surface area contributed by atoms with Gasteiger partial charge < -0.3 is 0 Å². The highest BCUT2D eigenvalue weighted by Crippen LogP contribution is 2.33. The number of hydrogen-bond acceptors (Lipinski definition) is 3. The molecule has 0 unspecified atom stereocenters. The maximum atomic E-state index is 6.14. The molecule has 21 heavy (non-hydrogen) atoms. The van der Waals surface area contributed by atoms with Crippen molar-refractivity contribution in [2.24, 2.45) is 4.99 Å². The first-order valence-corrected chi connectivity index (χ1v) is 7.63. The Hall–Kier alpha value is -1.58. The summed E-state index contributed by atoms with van der Waals surface area (Å²) in [6.45, 7) is 2.05. The number of nitrogens with zero attached hydrogens (tertiary/aromatic N) is 2. The lowest BCUT2D eigenvalue weighted by molar-refractivity contribution is 1.05. The smallest absolute Gasteiger partial charge is 0.0756 e. The largest absolute Gasteiger partial charge is 0.266 e. The maximum absolute atomic E-state index is 6.14. The number of benzene rings is 1. The second kappa shape index (κ2) is 6.04. The molecule has 0 radical (unpaired) electrons. The topological polar surface area (TPSA) is 25.2 Å². The number of pyridine rings is 1. The fraction of sp³-hybridized carbons (Fsp3) is 0.176. The van der Waals surface area contributed by atoms with Gasteiger partial charge in [-0.1, -0.05) is 23.7 Å². The van der Waals surface area contributed by atoms with Gasteiger partial charge in [0, 0.05) is 28.6 Å². The third-order valence-corrected chi connectivity index (χ3v) is 4.04. The Labute approximate surface area is 135 Å². The summed E-state index contributed by atoms with van der Waals surface area (Å²) in [4.78, 5) is 9.90. The van der Waals surface area contributed by atoms with Crippen LogP contribution in [-0.4, -0.2) is 10.7 Å². The molecule has 0 aliphatic carbocycles. The molecule has 0 saturated carbocycles. The van der Waals surface area contributed by atoms with E-state index >= 15 is 0 Å². The first kappa shape index (κ1) is 14.4. The normalized spacial score (nSPS) is 14.6. The molecule has 2 aromatic rings. The minimum atomic E-state index is 0.639. The number of thiol groups is 1. The Morgan fingerprint density at radius 2 is 1.90 bits per heavy atom. The SMILES string of the molecule is CC1=NC=C(c2ncc(Cl)cc2-c2ccc(S)cc2)CC1. The zero-order valence-electron chi connectivity index (χ0n) is 11.7. The van der Waals surface area contributed by atoms with Crippen molar-refractivity contribution in [3.63, 3.8) is 0 Å². The van der Waals surface area contributed by atoms with Crippen molar-refractivity contribution in [2.75, 3.05) is 0 Å². The van der Waals surface area contributed by atoms with Gasteiger partial charge in [-0.15, -0.1) is 12.6 Å². The number of hydrogen-bond donors (Lipinski definition) is 1. The lowest BCUT2D eigenvalue weighted by Gasteiger charge is -2.15. The van der Waals surface area contributed by atoms with E-state index in [1.165, 1.54) is 0 Å². The quantitative estimate of drug-likeness (QED) is 0.749. The fourth-order valence-electron chi connectivity index (χ4n) is 2.37. The fourth-order valence-corrected chi connectivity index (χ4v) is 2.68. The molecule has 1 aromatic carbocycles. The number of allylic oxidation sites excluding steroid dienone is 1. The average Bonchev–Trinajstić information content (AvgIpc) is 2.49. The second-order valence-corrected chi connectivity index (χ2v) is 6.07. The first-order valence-electron chi connectivity index (χ1n) is 6.81. The number of rotatable bonds is 2. The molecule has 0 atom stereocenters. The van der Waals surface area contributed by atoms with Crippen LogP contribution in [0.15, 0.2) is 52.6 Å². The summed E-state index contributed by atoms with van der Waals surface area (Å²) in [5, 5.41) is 0.639. The molecular formula is C17H15ClN2S. The van der Waals surface area contributed by atoms with E-state index in [1.807, 2.05) is 36.5 Å². The van der Waals surface area contributed by atoms with Crippen LogP contribution >= 0.6 is 24.2 Å². The van der Waals surface area contributed by atoms with Crippen LogP contribution in [0.25, 0.3) is 16.7 Å². The van der Waals surface area contributed by atoms with Gasteiger partial charge in [-0.05, 0) is 49.1 Å². The van der Waals surface area contributed by atoms with Crippen LogP contribution in [0.4, 0.5) is 0 Å². The maximum Gasteiger partial charge on any atom is 0.0756 e. The lowest BCUT2D eigenvalue weighted by atomic mass is 9.96. The summed E-state index contributed by atoms with van der Waals surface area (Å²) in [5.74, 6) is 0. The molecule has 0 saturated heterocycles. The molecule has 1 aliphatic rings. The minimum absolute atomic E-state index is 0.639.